The average molecular weight is 287 g/mol. The average Bonchev–Trinajstić information content (AvgIpc) is 2.81. The fourth-order valence-electron chi connectivity index (χ4n) is 1.99. The van der Waals surface area contributed by atoms with Gasteiger partial charge in [-0.3, -0.25) is 0 Å². The molecule has 0 saturated heterocycles. The predicted octanol–water partition coefficient (Wildman–Crippen LogP) is 2.39. The topological polar surface area (TPSA) is 94.2 Å². The van der Waals surface area contributed by atoms with Gasteiger partial charge in [-0.2, -0.15) is 0 Å². The van der Waals surface area contributed by atoms with Crippen LogP contribution in [0.5, 0.6) is 0 Å². The Morgan fingerprint density at radius 3 is 2.62 bits per heavy atom. The van der Waals surface area contributed by atoms with Gasteiger partial charge in [-0.15, -0.1) is 0 Å². The molecule has 1 aromatic heterocycles. The highest BCUT2D eigenvalue weighted by molar-refractivity contribution is 5.99. The first kappa shape index (κ1) is 14.6. The molecule has 0 fully saturated rings. The number of H-pyrrole nitrogens is 1. The van der Waals surface area contributed by atoms with Crippen LogP contribution in [0.3, 0.4) is 0 Å². The van der Waals surface area contributed by atoms with E-state index in [2.05, 4.69) is 15.6 Å². The van der Waals surface area contributed by atoms with E-state index in [-0.39, 0.29) is 11.4 Å². The van der Waals surface area contributed by atoms with Crippen LogP contribution in [0, 0.1) is 6.92 Å². The molecule has 0 radical (unpaired) electrons. The molecule has 6 nitrogen and oxygen atoms in total. The lowest BCUT2D eigenvalue weighted by molar-refractivity contribution is 0.0692. The van der Waals surface area contributed by atoms with Gasteiger partial charge in [0.1, 0.15) is 5.69 Å². The molecule has 0 saturated carbocycles. The number of carbonyl (C=O) groups excluding carboxylic acids is 1. The molecular formula is C15H17N3O3. The summed E-state index contributed by atoms with van der Waals surface area (Å²) in [6.45, 7) is 2.20. The normalized spacial score (nSPS) is 10.1. The Labute approximate surface area is 122 Å². The van der Waals surface area contributed by atoms with Crippen molar-refractivity contribution in [1.82, 2.24) is 10.3 Å². The van der Waals surface area contributed by atoms with Crippen LogP contribution in [0.15, 0.2) is 36.4 Å². The highest BCUT2D eigenvalue weighted by atomic mass is 16.4. The van der Waals surface area contributed by atoms with Crippen molar-refractivity contribution >= 4 is 17.7 Å². The summed E-state index contributed by atoms with van der Waals surface area (Å²) in [5, 5.41) is 14.2. The summed E-state index contributed by atoms with van der Waals surface area (Å²) >= 11 is 0. The van der Waals surface area contributed by atoms with Gasteiger partial charge in [-0.1, -0.05) is 30.3 Å². The lowest BCUT2D eigenvalue weighted by Gasteiger charge is -2.07. The maximum atomic E-state index is 11.8. The lowest BCUT2D eigenvalue weighted by atomic mass is 10.1. The van der Waals surface area contributed by atoms with Crippen molar-refractivity contribution in [2.24, 2.45) is 0 Å². The van der Waals surface area contributed by atoms with Gasteiger partial charge in [-0.05, 0) is 25.0 Å². The lowest BCUT2D eigenvalue weighted by Crippen LogP contribution is -2.30. The fourth-order valence-corrected chi connectivity index (χ4v) is 1.99. The predicted molar refractivity (Wildman–Crippen MR) is 79.7 cm³/mol. The summed E-state index contributed by atoms with van der Waals surface area (Å²) in [6.07, 6.45) is 0.714. The second-order valence-corrected chi connectivity index (χ2v) is 4.66. The van der Waals surface area contributed by atoms with E-state index in [1.54, 1.807) is 13.0 Å². The summed E-state index contributed by atoms with van der Waals surface area (Å²) in [7, 11) is 0. The number of aromatic amines is 1. The number of carbonyl (C=O) groups is 2. The van der Waals surface area contributed by atoms with Crippen LogP contribution in [-0.4, -0.2) is 28.6 Å². The largest absolute Gasteiger partial charge is 0.477 e. The zero-order valence-corrected chi connectivity index (χ0v) is 11.6. The number of anilines is 1. The van der Waals surface area contributed by atoms with Gasteiger partial charge in [-0.25, -0.2) is 9.59 Å². The molecule has 0 spiro atoms. The first-order valence-electron chi connectivity index (χ1n) is 6.58. The van der Waals surface area contributed by atoms with Crippen LogP contribution in [0.1, 0.15) is 21.7 Å². The Morgan fingerprint density at radius 1 is 1.24 bits per heavy atom. The number of nitrogens with one attached hydrogen (secondary N) is 3. The van der Waals surface area contributed by atoms with Crippen molar-refractivity contribution in [3.63, 3.8) is 0 Å². The van der Waals surface area contributed by atoms with E-state index in [9.17, 15) is 9.59 Å². The molecule has 6 heteroatoms. The SMILES string of the molecule is Cc1cc(NC(=O)NCCc2ccccc2)c(C(=O)O)[nH]1. The van der Waals surface area contributed by atoms with Crippen molar-refractivity contribution in [2.45, 2.75) is 13.3 Å². The Hall–Kier alpha value is -2.76. The van der Waals surface area contributed by atoms with Crippen molar-refractivity contribution in [3.05, 3.63) is 53.3 Å². The molecule has 0 aliphatic rings. The molecule has 21 heavy (non-hydrogen) atoms. The highest BCUT2D eigenvalue weighted by Gasteiger charge is 2.14. The number of benzene rings is 1. The number of amides is 2. The second kappa shape index (κ2) is 6.60. The van der Waals surface area contributed by atoms with E-state index in [1.165, 1.54) is 0 Å². The van der Waals surface area contributed by atoms with E-state index < -0.39 is 12.0 Å². The number of rotatable bonds is 5. The van der Waals surface area contributed by atoms with Crippen molar-refractivity contribution in [1.29, 1.82) is 0 Å². The summed E-state index contributed by atoms with van der Waals surface area (Å²) in [4.78, 5) is 25.5. The summed E-state index contributed by atoms with van der Waals surface area (Å²) in [5.41, 5.74) is 2.04. The first-order valence-corrected chi connectivity index (χ1v) is 6.58. The van der Waals surface area contributed by atoms with Crippen LogP contribution >= 0.6 is 0 Å². The van der Waals surface area contributed by atoms with E-state index in [0.29, 0.717) is 18.7 Å². The van der Waals surface area contributed by atoms with E-state index >= 15 is 0 Å². The molecular weight excluding hydrogens is 270 g/mol. The smallest absolute Gasteiger partial charge is 0.354 e. The number of aryl methyl sites for hydroxylation is 1. The molecule has 110 valence electrons. The van der Waals surface area contributed by atoms with Crippen LogP contribution < -0.4 is 10.6 Å². The zero-order chi connectivity index (χ0) is 15.2. The molecule has 0 unspecified atom stereocenters. The van der Waals surface area contributed by atoms with Crippen molar-refractivity contribution in [3.8, 4) is 0 Å². The van der Waals surface area contributed by atoms with Gasteiger partial charge in [0.05, 0.1) is 5.69 Å². The minimum atomic E-state index is -1.11. The Kier molecular flexibility index (Phi) is 4.61. The van der Waals surface area contributed by atoms with E-state index in [1.807, 2.05) is 30.3 Å². The zero-order valence-electron chi connectivity index (χ0n) is 11.6. The number of aromatic carboxylic acids is 1. The minimum Gasteiger partial charge on any atom is -0.477 e. The van der Waals surface area contributed by atoms with Crippen LogP contribution in [-0.2, 0) is 6.42 Å². The van der Waals surface area contributed by atoms with Gasteiger partial charge in [0.15, 0.2) is 0 Å². The third-order valence-electron chi connectivity index (χ3n) is 2.96. The van der Waals surface area contributed by atoms with E-state index in [0.717, 1.165) is 5.56 Å². The molecule has 4 N–H and O–H groups in total. The summed E-state index contributed by atoms with van der Waals surface area (Å²) in [5.74, 6) is -1.11. The molecule has 1 aromatic carbocycles. The molecule has 0 aliphatic carbocycles. The summed E-state index contributed by atoms with van der Waals surface area (Å²) in [6, 6.07) is 10.9. The molecule has 2 aromatic rings. The number of carboxylic acid groups (broad SMARTS) is 1. The number of aromatic nitrogens is 1. The first-order chi connectivity index (χ1) is 10.1. The monoisotopic (exact) mass is 287 g/mol. The Balaban J connectivity index is 1.86. The standard InChI is InChI=1S/C15H17N3O3/c1-10-9-12(13(17-10)14(19)20)18-15(21)16-8-7-11-5-3-2-4-6-11/h2-6,9,17H,7-8H2,1H3,(H,19,20)(H2,16,18,21). The number of carboxylic acids is 1. The van der Waals surface area contributed by atoms with Gasteiger partial charge in [0.25, 0.3) is 0 Å². The number of urea groups is 1. The van der Waals surface area contributed by atoms with Gasteiger partial charge >= 0.3 is 12.0 Å². The molecule has 1 heterocycles. The summed E-state index contributed by atoms with van der Waals surface area (Å²) < 4.78 is 0. The third kappa shape index (κ3) is 4.10. The highest BCUT2D eigenvalue weighted by Crippen LogP contribution is 2.16. The number of hydrogen-bond acceptors (Lipinski definition) is 2. The molecule has 0 aliphatic heterocycles. The molecule has 0 atom stereocenters. The number of hydrogen-bond donors (Lipinski definition) is 4. The Bertz CT molecular complexity index is 635. The van der Waals surface area contributed by atoms with Gasteiger partial charge in [0.2, 0.25) is 0 Å². The third-order valence-corrected chi connectivity index (χ3v) is 2.96. The van der Waals surface area contributed by atoms with E-state index in [4.69, 9.17) is 5.11 Å². The maximum Gasteiger partial charge on any atom is 0.354 e. The molecule has 0 bridgehead atoms. The fraction of sp³-hybridized carbons (Fsp3) is 0.200. The maximum absolute atomic E-state index is 11.8. The van der Waals surface area contributed by atoms with Crippen LogP contribution in [0.25, 0.3) is 0 Å². The second-order valence-electron chi connectivity index (χ2n) is 4.66. The molecule has 2 rings (SSSR count). The van der Waals surface area contributed by atoms with Crippen molar-refractivity contribution in [2.75, 3.05) is 11.9 Å². The Morgan fingerprint density at radius 2 is 1.95 bits per heavy atom. The van der Waals surface area contributed by atoms with Crippen LogP contribution in [0.4, 0.5) is 10.5 Å². The molecule has 2 amide bonds. The van der Waals surface area contributed by atoms with Crippen molar-refractivity contribution < 1.29 is 14.7 Å². The minimum absolute atomic E-state index is 0.0225. The quantitative estimate of drug-likeness (QED) is 0.680. The van der Waals surface area contributed by atoms with Gasteiger partial charge in [0, 0.05) is 12.2 Å². The van der Waals surface area contributed by atoms with Gasteiger partial charge < -0.3 is 20.7 Å². The van der Waals surface area contributed by atoms with Crippen LogP contribution in [0.2, 0.25) is 0 Å².